The van der Waals surface area contributed by atoms with Crippen LogP contribution in [0.25, 0.3) is 0 Å². The van der Waals surface area contributed by atoms with Gasteiger partial charge in [0.15, 0.2) is 8.32 Å². The first kappa shape index (κ1) is 23.2. The molecule has 1 fully saturated rings. The molecule has 28 heavy (non-hydrogen) atoms. The largest absolute Gasteiger partial charge is 0.515 e. The Morgan fingerprint density at radius 2 is 1.82 bits per heavy atom. The maximum atomic E-state index is 12.9. The quantitative estimate of drug-likeness (QED) is 0.399. The van der Waals surface area contributed by atoms with Crippen molar-refractivity contribution in [2.75, 3.05) is 6.61 Å². The molecule has 2 aliphatic rings. The van der Waals surface area contributed by atoms with Crippen molar-refractivity contribution in [3.63, 3.8) is 0 Å². The molecular weight excluding hydrogens is 398 g/mol. The van der Waals surface area contributed by atoms with Gasteiger partial charge in [0.1, 0.15) is 11.0 Å². The summed E-state index contributed by atoms with van der Waals surface area (Å²) in [6.45, 7) is 17.6. The SMILES string of the molecule is C[C@@H](O[Si](C)(C)C(C)(C)C)[C@@H]1C(=O)N2C(OC(=O)OC(C)(C)C)=C(CO)S[C@H]12. The van der Waals surface area contributed by atoms with Crippen LogP contribution in [0.4, 0.5) is 4.79 Å². The molecule has 2 rings (SSSR count). The van der Waals surface area contributed by atoms with Crippen LogP contribution in [-0.2, 0) is 18.7 Å². The van der Waals surface area contributed by atoms with E-state index < -0.39 is 20.1 Å². The minimum absolute atomic E-state index is 0.0378. The fourth-order valence-corrected chi connectivity index (χ4v) is 5.69. The van der Waals surface area contributed by atoms with Crippen molar-refractivity contribution in [3.8, 4) is 0 Å². The number of amides is 1. The monoisotopic (exact) mass is 431 g/mol. The van der Waals surface area contributed by atoms with Crippen LogP contribution in [0.1, 0.15) is 48.5 Å². The zero-order chi connectivity index (χ0) is 21.7. The van der Waals surface area contributed by atoms with Gasteiger partial charge in [-0.3, -0.25) is 9.69 Å². The first-order chi connectivity index (χ1) is 12.6. The Morgan fingerprint density at radius 1 is 1.25 bits per heavy atom. The molecule has 0 aromatic rings. The summed E-state index contributed by atoms with van der Waals surface area (Å²) in [5.41, 5.74) is -0.713. The number of hydrogen-bond donors (Lipinski definition) is 1. The molecule has 7 nitrogen and oxygen atoms in total. The Hall–Kier alpha value is -1.03. The molecule has 0 spiro atoms. The number of hydrogen-bond acceptors (Lipinski definition) is 7. The van der Waals surface area contributed by atoms with Gasteiger partial charge in [-0.1, -0.05) is 32.5 Å². The Morgan fingerprint density at radius 3 is 2.29 bits per heavy atom. The minimum atomic E-state index is -2.03. The molecule has 160 valence electrons. The molecule has 0 unspecified atom stereocenters. The van der Waals surface area contributed by atoms with Gasteiger partial charge in [-0.05, 0) is 45.8 Å². The summed E-state index contributed by atoms with van der Waals surface area (Å²) >= 11 is 1.34. The first-order valence-corrected chi connectivity index (χ1v) is 13.3. The van der Waals surface area contributed by atoms with Crippen molar-refractivity contribution in [1.29, 1.82) is 0 Å². The number of nitrogens with zero attached hydrogens (tertiary/aromatic N) is 1. The van der Waals surface area contributed by atoms with Crippen molar-refractivity contribution < 1.29 is 28.6 Å². The highest BCUT2D eigenvalue weighted by molar-refractivity contribution is 8.04. The van der Waals surface area contributed by atoms with Gasteiger partial charge >= 0.3 is 6.16 Å². The van der Waals surface area contributed by atoms with E-state index in [1.165, 1.54) is 16.7 Å². The Kier molecular flexibility index (Phi) is 6.36. The lowest BCUT2D eigenvalue weighted by Gasteiger charge is -2.47. The highest BCUT2D eigenvalue weighted by Gasteiger charge is 2.59. The minimum Gasteiger partial charge on any atom is -0.428 e. The van der Waals surface area contributed by atoms with Crippen LogP contribution in [0, 0.1) is 5.92 Å². The van der Waals surface area contributed by atoms with Crippen molar-refractivity contribution in [2.45, 2.75) is 83.7 Å². The maximum Gasteiger partial charge on any atom is 0.515 e. The predicted octanol–water partition coefficient (Wildman–Crippen LogP) is 4.04. The van der Waals surface area contributed by atoms with E-state index in [1.54, 1.807) is 20.8 Å². The lowest BCUT2D eigenvalue weighted by atomic mass is 9.93. The van der Waals surface area contributed by atoms with E-state index >= 15 is 0 Å². The number of β-lactam (4-membered cyclic amide) rings is 1. The third-order valence-electron chi connectivity index (χ3n) is 5.31. The smallest absolute Gasteiger partial charge is 0.428 e. The van der Waals surface area contributed by atoms with Crippen LogP contribution < -0.4 is 0 Å². The number of carbonyl (C=O) groups is 2. The van der Waals surface area contributed by atoms with Crippen molar-refractivity contribution in [2.24, 2.45) is 5.92 Å². The molecule has 0 aromatic carbocycles. The summed E-state index contributed by atoms with van der Waals surface area (Å²) in [4.78, 5) is 26.8. The van der Waals surface area contributed by atoms with Gasteiger partial charge in [0.05, 0.1) is 23.5 Å². The standard InChI is InChI=1S/C19H33NO6SSi/c1-11(26-28(8,9)19(5,6)7)13-14(22)20-15(12(10-21)27-16(13)20)24-17(23)25-18(2,3)4/h11,13,16,21H,10H2,1-9H3/t11-,13-,16-/m1/s1. The van der Waals surface area contributed by atoms with E-state index in [0.29, 0.717) is 4.91 Å². The van der Waals surface area contributed by atoms with E-state index in [9.17, 15) is 14.7 Å². The van der Waals surface area contributed by atoms with Gasteiger partial charge in [0, 0.05) is 0 Å². The molecule has 2 heterocycles. The summed E-state index contributed by atoms with van der Waals surface area (Å²) in [5.74, 6) is -0.432. The summed E-state index contributed by atoms with van der Waals surface area (Å²) in [5, 5.41) is 9.47. The van der Waals surface area contributed by atoms with Gasteiger partial charge in [0.25, 0.3) is 0 Å². The predicted molar refractivity (Wildman–Crippen MR) is 111 cm³/mol. The zero-order valence-corrected chi connectivity index (χ0v) is 20.1. The van der Waals surface area contributed by atoms with Crippen LogP contribution in [0.3, 0.4) is 0 Å². The van der Waals surface area contributed by atoms with Crippen molar-refractivity contribution in [3.05, 3.63) is 10.8 Å². The molecule has 1 N–H and O–H groups in total. The molecule has 0 bridgehead atoms. The van der Waals surface area contributed by atoms with Gasteiger partial charge in [-0.15, -0.1) is 0 Å². The van der Waals surface area contributed by atoms with E-state index in [0.717, 1.165) is 0 Å². The van der Waals surface area contributed by atoms with Crippen LogP contribution in [0.15, 0.2) is 10.8 Å². The average Bonchev–Trinajstić information content (AvgIpc) is 2.76. The van der Waals surface area contributed by atoms with E-state index in [4.69, 9.17) is 13.9 Å². The molecule has 0 radical (unpaired) electrons. The van der Waals surface area contributed by atoms with E-state index in [1.807, 2.05) is 6.92 Å². The second-order valence-electron chi connectivity index (χ2n) is 9.78. The number of aliphatic hydroxyl groups excluding tert-OH is 1. The molecule has 9 heteroatoms. The summed E-state index contributed by atoms with van der Waals surface area (Å²) in [6, 6.07) is 0. The number of aliphatic hydroxyl groups is 1. The van der Waals surface area contributed by atoms with Crippen molar-refractivity contribution >= 4 is 32.1 Å². The van der Waals surface area contributed by atoms with E-state index in [-0.39, 0.29) is 40.8 Å². The number of fused-ring (bicyclic) bond motifs is 1. The first-order valence-electron chi connectivity index (χ1n) is 9.51. The molecule has 0 aromatic heterocycles. The number of carbonyl (C=O) groups excluding carboxylic acids is 2. The third-order valence-corrected chi connectivity index (χ3v) is 11.2. The second-order valence-corrected chi connectivity index (χ2v) is 15.7. The van der Waals surface area contributed by atoms with Crippen LogP contribution >= 0.6 is 11.8 Å². The molecule has 1 amide bonds. The lowest BCUT2D eigenvalue weighted by molar-refractivity contribution is -0.155. The molecule has 1 saturated heterocycles. The van der Waals surface area contributed by atoms with Crippen molar-refractivity contribution in [1.82, 2.24) is 4.90 Å². The molecule has 2 aliphatic heterocycles. The lowest BCUT2D eigenvalue weighted by Crippen LogP contribution is -2.62. The average molecular weight is 432 g/mol. The second kappa shape index (κ2) is 7.66. The summed E-state index contributed by atoms with van der Waals surface area (Å²) in [7, 11) is -2.03. The highest BCUT2D eigenvalue weighted by Crippen LogP contribution is 2.51. The Bertz CT molecular complexity index is 679. The molecule has 0 saturated carbocycles. The molecular formula is C19H33NO6SSi. The van der Waals surface area contributed by atoms with E-state index in [2.05, 4.69) is 33.9 Å². The van der Waals surface area contributed by atoms with Crippen LogP contribution in [-0.4, -0.2) is 54.1 Å². The van der Waals surface area contributed by atoms with Crippen LogP contribution in [0.5, 0.6) is 0 Å². The number of thioether (sulfide) groups is 1. The van der Waals surface area contributed by atoms with Crippen LogP contribution in [0.2, 0.25) is 18.1 Å². The van der Waals surface area contributed by atoms with Gasteiger partial charge < -0.3 is 19.0 Å². The fourth-order valence-electron chi connectivity index (χ4n) is 2.87. The Balaban J connectivity index is 2.11. The fraction of sp³-hybridized carbons (Fsp3) is 0.789. The molecule has 0 aliphatic carbocycles. The maximum absolute atomic E-state index is 12.9. The van der Waals surface area contributed by atoms with Gasteiger partial charge in [-0.25, -0.2) is 4.79 Å². The number of rotatable bonds is 5. The normalized spacial score (nSPS) is 24.1. The van der Waals surface area contributed by atoms with Gasteiger partial charge in [-0.2, -0.15) is 0 Å². The highest BCUT2D eigenvalue weighted by atomic mass is 32.2. The van der Waals surface area contributed by atoms with Gasteiger partial charge in [0.2, 0.25) is 11.8 Å². The third kappa shape index (κ3) is 4.58. The topological polar surface area (TPSA) is 85.3 Å². The zero-order valence-electron chi connectivity index (χ0n) is 18.3. The summed E-state index contributed by atoms with van der Waals surface area (Å²) in [6.07, 6.45) is -1.15. The number of ether oxygens (including phenoxy) is 2. The molecule has 3 atom stereocenters. The summed E-state index contributed by atoms with van der Waals surface area (Å²) < 4.78 is 16.9. The Labute approximate surface area is 172 Å².